The van der Waals surface area contributed by atoms with Gasteiger partial charge in [-0.3, -0.25) is 4.79 Å². The molecule has 0 saturated carbocycles. The molecule has 5 heteroatoms. The number of ether oxygens (including phenoxy) is 1. The number of carbonyl (C=O) groups is 2. The van der Waals surface area contributed by atoms with Gasteiger partial charge in [-0.2, -0.15) is 0 Å². The summed E-state index contributed by atoms with van der Waals surface area (Å²) < 4.78 is 6.64. The topological polar surface area (TPSA) is 74.3 Å². The van der Waals surface area contributed by atoms with Crippen LogP contribution in [0.25, 0.3) is 10.9 Å². The van der Waals surface area contributed by atoms with Gasteiger partial charge in [0.25, 0.3) is 0 Å². The summed E-state index contributed by atoms with van der Waals surface area (Å²) in [6.07, 6.45) is 2.54. The maximum atomic E-state index is 11.0. The summed E-state index contributed by atoms with van der Waals surface area (Å²) in [5.74, 6) is 0. The van der Waals surface area contributed by atoms with Crippen molar-refractivity contribution in [1.29, 1.82) is 0 Å². The summed E-state index contributed by atoms with van der Waals surface area (Å²) >= 11 is 0. The highest BCUT2D eigenvalue weighted by atomic mass is 16.5. The standard InChI is InChI=1S/C13H14N2O3/c14-13(17)18-7-3-6-15-8-10(9-16)11-4-1-2-5-12(11)15/h1-2,4-5,8-9H,3,6-7H2,(H2,14,17). The van der Waals surface area contributed by atoms with Gasteiger partial charge in [0.05, 0.1) is 6.61 Å². The van der Waals surface area contributed by atoms with E-state index >= 15 is 0 Å². The third-order valence-corrected chi connectivity index (χ3v) is 2.73. The number of rotatable bonds is 5. The number of primary amides is 1. The fourth-order valence-electron chi connectivity index (χ4n) is 1.96. The third-order valence-electron chi connectivity index (χ3n) is 2.73. The molecule has 2 rings (SSSR count). The van der Waals surface area contributed by atoms with Crippen molar-refractivity contribution in [3.63, 3.8) is 0 Å². The van der Waals surface area contributed by atoms with Crippen LogP contribution in [0, 0.1) is 0 Å². The Hall–Kier alpha value is -2.30. The van der Waals surface area contributed by atoms with Crippen molar-refractivity contribution in [3.05, 3.63) is 36.0 Å². The lowest BCUT2D eigenvalue weighted by Gasteiger charge is -2.05. The molecule has 0 aliphatic rings. The van der Waals surface area contributed by atoms with Crippen LogP contribution in [0.2, 0.25) is 0 Å². The van der Waals surface area contributed by atoms with Crippen LogP contribution >= 0.6 is 0 Å². The molecular weight excluding hydrogens is 232 g/mol. The molecule has 0 aliphatic carbocycles. The first kappa shape index (κ1) is 12.2. The van der Waals surface area contributed by atoms with E-state index in [4.69, 9.17) is 5.73 Å². The number of amides is 1. The van der Waals surface area contributed by atoms with E-state index in [0.717, 1.165) is 17.2 Å². The van der Waals surface area contributed by atoms with Gasteiger partial charge in [-0.1, -0.05) is 18.2 Å². The summed E-state index contributed by atoms with van der Waals surface area (Å²) in [4.78, 5) is 21.4. The van der Waals surface area contributed by atoms with Crippen molar-refractivity contribution >= 4 is 23.3 Å². The molecule has 94 valence electrons. The van der Waals surface area contributed by atoms with Crippen LogP contribution in [0.5, 0.6) is 0 Å². The first-order valence-corrected chi connectivity index (χ1v) is 5.67. The first-order valence-electron chi connectivity index (χ1n) is 5.67. The smallest absolute Gasteiger partial charge is 0.404 e. The Morgan fingerprint density at radius 3 is 2.89 bits per heavy atom. The summed E-state index contributed by atoms with van der Waals surface area (Å²) in [5.41, 5.74) is 6.54. The van der Waals surface area contributed by atoms with Crippen molar-refractivity contribution in [2.75, 3.05) is 6.61 Å². The van der Waals surface area contributed by atoms with E-state index in [1.54, 1.807) is 0 Å². The predicted octanol–water partition coefficient (Wildman–Crippen LogP) is 1.94. The highest BCUT2D eigenvalue weighted by Gasteiger charge is 2.06. The van der Waals surface area contributed by atoms with E-state index in [-0.39, 0.29) is 6.61 Å². The van der Waals surface area contributed by atoms with Gasteiger partial charge in [0.1, 0.15) is 0 Å². The van der Waals surface area contributed by atoms with Crippen LogP contribution in [0.3, 0.4) is 0 Å². The van der Waals surface area contributed by atoms with Gasteiger partial charge in [0.15, 0.2) is 6.29 Å². The van der Waals surface area contributed by atoms with Crippen LogP contribution in [-0.4, -0.2) is 23.6 Å². The molecule has 1 aromatic heterocycles. The van der Waals surface area contributed by atoms with Gasteiger partial charge in [0, 0.05) is 29.2 Å². The number of fused-ring (bicyclic) bond motifs is 1. The monoisotopic (exact) mass is 246 g/mol. The second-order valence-electron chi connectivity index (χ2n) is 3.93. The number of carbonyl (C=O) groups excluding carboxylic acids is 2. The lowest BCUT2D eigenvalue weighted by atomic mass is 10.2. The summed E-state index contributed by atoms with van der Waals surface area (Å²) in [6.45, 7) is 0.944. The normalized spacial score (nSPS) is 10.4. The van der Waals surface area contributed by atoms with Crippen LogP contribution in [0.15, 0.2) is 30.5 Å². The first-order chi connectivity index (χ1) is 8.72. The predicted molar refractivity (Wildman–Crippen MR) is 67.5 cm³/mol. The minimum absolute atomic E-state index is 0.276. The second-order valence-corrected chi connectivity index (χ2v) is 3.93. The molecule has 2 N–H and O–H groups in total. The van der Waals surface area contributed by atoms with Gasteiger partial charge in [-0.25, -0.2) is 4.79 Å². The van der Waals surface area contributed by atoms with E-state index in [0.29, 0.717) is 18.5 Å². The molecule has 1 amide bonds. The highest BCUT2D eigenvalue weighted by Crippen LogP contribution is 2.20. The Labute approximate surface area is 104 Å². The number of aldehydes is 1. The van der Waals surface area contributed by atoms with Crippen LogP contribution in [-0.2, 0) is 11.3 Å². The average molecular weight is 246 g/mol. The molecule has 0 unspecified atom stereocenters. The molecule has 2 aromatic rings. The van der Waals surface area contributed by atoms with E-state index in [1.807, 2.05) is 35.0 Å². The Bertz CT molecular complexity index is 575. The quantitative estimate of drug-likeness (QED) is 0.647. The number of hydrogen-bond acceptors (Lipinski definition) is 3. The molecule has 0 atom stereocenters. The minimum atomic E-state index is -0.763. The molecule has 5 nitrogen and oxygen atoms in total. The molecule has 1 aromatic carbocycles. The van der Waals surface area contributed by atoms with Crippen molar-refractivity contribution < 1.29 is 14.3 Å². The Balaban J connectivity index is 2.13. The molecule has 1 heterocycles. The molecule has 0 aliphatic heterocycles. The zero-order chi connectivity index (χ0) is 13.0. The molecule has 18 heavy (non-hydrogen) atoms. The van der Waals surface area contributed by atoms with E-state index in [9.17, 15) is 9.59 Å². The van der Waals surface area contributed by atoms with Crippen molar-refractivity contribution in [1.82, 2.24) is 4.57 Å². The summed E-state index contributed by atoms with van der Waals surface area (Å²) in [7, 11) is 0. The summed E-state index contributed by atoms with van der Waals surface area (Å²) in [6, 6.07) is 7.69. The maximum Gasteiger partial charge on any atom is 0.404 e. The Morgan fingerprint density at radius 2 is 2.17 bits per heavy atom. The highest BCUT2D eigenvalue weighted by molar-refractivity contribution is 5.97. The molecule has 0 bridgehead atoms. The van der Waals surface area contributed by atoms with Crippen molar-refractivity contribution in [2.45, 2.75) is 13.0 Å². The lowest BCUT2D eigenvalue weighted by molar-refractivity contribution is 0.112. The maximum absolute atomic E-state index is 11.0. The van der Waals surface area contributed by atoms with E-state index in [1.165, 1.54) is 0 Å². The second kappa shape index (κ2) is 5.35. The minimum Gasteiger partial charge on any atom is -0.450 e. The van der Waals surface area contributed by atoms with Gasteiger partial charge in [-0.05, 0) is 12.5 Å². The van der Waals surface area contributed by atoms with Crippen molar-refractivity contribution in [3.8, 4) is 0 Å². The van der Waals surface area contributed by atoms with Gasteiger partial charge < -0.3 is 15.0 Å². The van der Waals surface area contributed by atoms with E-state index < -0.39 is 6.09 Å². The van der Waals surface area contributed by atoms with Gasteiger partial charge >= 0.3 is 6.09 Å². The third kappa shape index (κ3) is 2.51. The Morgan fingerprint density at radius 1 is 1.39 bits per heavy atom. The van der Waals surface area contributed by atoms with Crippen LogP contribution < -0.4 is 5.73 Å². The molecule has 0 fully saturated rings. The van der Waals surface area contributed by atoms with Crippen LogP contribution in [0.4, 0.5) is 4.79 Å². The van der Waals surface area contributed by atoms with Crippen LogP contribution in [0.1, 0.15) is 16.8 Å². The Kier molecular flexibility index (Phi) is 3.62. The lowest BCUT2D eigenvalue weighted by Crippen LogP contribution is -2.14. The van der Waals surface area contributed by atoms with E-state index in [2.05, 4.69) is 4.74 Å². The number of aryl methyl sites for hydroxylation is 1. The number of nitrogens with zero attached hydrogens (tertiary/aromatic N) is 1. The number of para-hydroxylation sites is 1. The molecule has 0 radical (unpaired) electrons. The molecule has 0 spiro atoms. The largest absolute Gasteiger partial charge is 0.450 e. The molecule has 0 saturated heterocycles. The zero-order valence-electron chi connectivity index (χ0n) is 9.83. The number of hydrogen-bond donors (Lipinski definition) is 1. The van der Waals surface area contributed by atoms with Crippen molar-refractivity contribution in [2.24, 2.45) is 5.73 Å². The number of aromatic nitrogens is 1. The molecular formula is C13H14N2O3. The van der Waals surface area contributed by atoms with Gasteiger partial charge in [-0.15, -0.1) is 0 Å². The van der Waals surface area contributed by atoms with Gasteiger partial charge in [0.2, 0.25) is 0 Å². The number of benzene rings is 1. The zero-order valence-corrected chi connectivity index (χ0v) is 9.83. The SMILES string of the molecule is NC(=O)OCCCn1cc(C=O)c2ccccc21. The fourth-order valence-corrected chi connectivity index (χ4v) is 1.96. The average Bonchev–Trinajstić information content (AvgIpc) is 2.73. The fraction of sp³-hybridized carbons (Fsp3) is 0.231. The number of nitrogens with two attached hydrogens (primary N) is 1. The summed E-state index contributed by atoms with van der Waals surface area (Å²) in [5, 5.41) is 0.934.